The minimum atomic E-state index is -0.631. The van der Waals surface area contributed by atoms with Gasteiger partial charge in [-0.15, -0.1) is 0 Å². The van der Waals surface area contributed by atoms with Crippen molar-refractivity contribution in [3.05, 3.63) is 28.7 Å². The van der Waals surface area contributed by atoms with Gasteiger partial charge in [0.15, 0.2) is 0 Å². The maximum Gasteiger partial charge on any atom is 0.238 e. The zero-order valence-electron chi connectivity index (χ0n) is 11.2. The number of benzene rings is 1. The van der Waals surface area contributed by atoms with Gasteiger partial charge in [0, 0.05) is 17.6 Å². The third-order valence-corrected chi connectivity index (χ3v) is 4.28. The number of hydrogen-bond acceptors (Lipinski definition) is 3. The molecule has 2 N–H and O–H groups in total. The summed E-state index contributed by atoms with van der Waals surface area (Å²) in [5.41, 5.74) is 0.139. The van der Waals surface area contributed by atoms with Crippen LogP contribution in [0.4, 0.5) is 5.69 Å². The Kier molecular flexibility index (Phi) is 4.28. The molecule has 1 aliphatic rings. The summed E-state index contributed by atoms with van der Waals surface area (Å²) in [5.74, 6) is 0.160. The molecular weight excluding hydrogens is 308 g/mol. The number of nitrogens with one attached hydrogen (secondary N) is 1. The number of rotatable bonds is 4. The normalized spacial score (nSPS) is 18.2. The summed E-state index contributed by atoms with van der Waals surface area (Å²) in [7, 11) is 0. The Morgan fingerprint density at radius 1 is 1.47 bits per heavy atom. The van der Waals surface area contributed by atoms with Crippen molar-refractivity contribution in [1.82, 2.24) is 4.90 Å². The van der Waals surface area contributed by atoms with Crippen molar-refractivity contribution < 1.29 is 9.90 Å². The Morgan fingerprint density at radius 2 is 2.11 bits per heavy atom. The third kappa shape index (κ3) is 3.35. The second kappa shape index (κ2) is 5.61. The molecule has 1 fully saturated rings. The van der Waals surface area contributed by atoms with Gasteiger partial charge < -0.3 is 10.4 Å². The first kappa shape index (κ1) is 14.5. The Hall–Kier alpha value is -0.910. The lowest BCUT2D eigenvalue weighted by molar-refractivity contribution is -0.139. The molecule has 1 saturated heterocycles. The first-order valence-corrected chi connectivity index (χ1v) is 7.19. The predicted octanol–water partition coefficient (Wildman–Crippen LogP) is 2.09. The minimum absolute atomic E-state index is 0.0577. The van der Waals surface area contributed by atoms with E-state index in [1.54, 1.807) is 0 Å². The van der Waals surface area contributed by atoms with Crippen molar-refractivity contribution in [2.75, 3.05) is 25.0 Å². The number of likely N-dealkylation sites (tertiary alicyclic amines) is 1. The topological polar surface area (TPSA) is 52.6 Å². The van der Waals surface area contributed by atoms with E-state index in [1.165, 1.54) is 0 Å². The van der Waals surface area contributed by atoms with Crippen LogP contribution >= 0.6 is 15.9 Å². The van der Waals surface area contributed by atoms with Gasteiger partial charge in [0.2, 0.25) is 5.91 Å². The van der Waals surface area contributed by atoms with Crippen LogP contribution in [-0.2, 0) is 4.79 Å². The van der Waals surface area contributed by atoms with Crippen molar-refractivity contribution in [3.63, 3.8) is 0 Å². The van der Waals surface area contributed by atoms with Crippen molar-refractivity contribution in [2.24, 2.45) is 5.92 Å². The first-order chi connectivity index (χ1) is 8.90. The molecule has 0 spiro atoms. The van der Waals surface area contributed by atoms with Crippen LogP contribution in [0.5, 0.6) is 0 Å². The zero-order valence-corrected chi connectivity index (χ0v) is 12.8. The molecule has 0 aliphatic carbocycles. The summed E-state index contributed by atoms with van der Waals surface area (Å²) in [6, 6.07) is 7.51. The van der Waals surface area contributed by atoms with Gasteiger partial charge in [-0.05, 0) is 34.0 Å². The van der Waals surface area contributed by atoms with Crippen LogP contribution < -0.4 is 5.32 Å². The van der Waals surface area contributed by atoms with Crippen molar-refractivity contribution >= 4 is 27.5 Å². The molecule has 0 aromatic heterocycles. The molecule has 0 radical (unpaired) electrons. The zero-order chi connectivity index (χ0) is 14.0. The van der Waals surface area contributed by atoms with Gasteiger partial charge in [-0.2, -0.15) is 0 Å². The van der Waals surface area contributed by atoms with E-state index in [0.717, 1.165) is 10.2 Å². The van der Waals surface area contributed by atoms with Crippen LogP contribution in [0.3, 0.4) is 0 Å². The second-order valence-corrected chi connectivity index (χ2v) is 6.29. The number of amides is 1. The summed E-state index contributed by atoms with van der Waals surface area (Å²) in [6.07, 6.45) is 0. The molecule has 1 aromatic rings. The monoisotopic (exact) mass is 326 g/mol. The highest BCUT2D eigenvalue weighted by Gasteiger charge is 2.43. The highest BCUT2D eigenvalue weighted by molar-refractivity contribution is 9.10. The number of hydrogen-bond donors (Lipinski definition) is 2. The van der Waals surface area contributed by atoms with Gasteiger partial charge in [0.05, 0.1) is 17.8 Å². The second-order valence-electron chi connectivity index (χ2n) is 5.43. The fourth-order valence-electron chi connectivity index (χ4n) is 2.16. The lowest BCUT2D eigenvalue weighted by atomic mass is 9.83. The SMILES string of the molecule is CC(C)C1(O)CN(CC(=O)Nc2ccccc2Br)C1. The molecule has 1 heterocycles. The fourth-order valence-corrected chi connectivity index (χ4v) is 2.54. The Morgan fingerprint density at radius 3 is 2.68 bits per heavy atom. The molecule has 1 aromatic carbocycles. The summed E-state index contributed by atoms with van der Waals surface area (Å²) in [4.78, 5) is 13.8. The molecule has 0 saturated carbocycles. The molecule has 1 aliphatic heterocycles. The van der Waals surface area contributed by atoms with Gasteiger partial charge in [0.1, 0.15) is 0 Å². The van der Waals surface area contributed by atoms with Crippen molar-refractivity contribution in [1.29, 1.82) is 0 Å². The van der Waals surface area contributed by atoms with Crippen LogP contribution in [0, 0.1) is 5.92 Å². The summed E-state index contributed by atoms with van der Waals surface area (Å²) in [6.45, 7) is 5.44. The van der Waals surface area contributed by atoms with E-state index in [-0.39, 0.29) is 11.8 Å². The number of aliphatic hydroxyl groups is 1. The van der Waals surface area contributed by atoms with Crippen LogP contribution in [-0.4, -0.2) is 41.1 Å². The first-order valence-electron chi connectivity index (χ1n) is 6.40. The fraction of sp³-hybridized carbons (Fsp3) is 0.500. The maximum atomic E-state index is 11.9. The average Bonchev–Trinajstić information content (AvgIpc) is 2.29. The Bertz CT molecular complexity index is 470. The van der Waals surface area contributed by atoms with E-state index in [9.17, 15) is 9.90 Å². The van der Waals surface area contributed by atoms with Gasteiger partial charge >= 0.3 is 0 Å². The van der Waals surface area contributed by atoms with Crippen molar-refractivity contribution in [3.8, 4) is 0 Å². The van der Waals surface area contributed by atoms with Crippen molar-refractivity contribution in [2.45, 2.75) is 19.4 Å². The molecule has 1 amide bonds. The molecule has 104 valence electrons. The summed E-state index contributed by atoms with van der Waals surface area (Å²) < 4.78 is 0.866. The highest BCUT2D eigenvalue weighted by atomic mass is 79.9. The maximum absolute atomic E-state index is 11.9. The molecular formula is C14H19BrN2O2. The highest BCUT2D eigenvalue weighted by Crippen LogP contribution is 2.28. The minimum Gasteiger partial charge on any atom is -0.387 e. The standard InChI is InChI=1S/C14H19BrN2O2/c1-10(2)14(19)8-17(9-14)7-13(18)16-12-6-4-3-5-11(12)15/h3-6,10,19H,7-9H2,1-2H3,(H,16,18). The molecule has 4 nitrogen and oxygen atoms in total. The number of anilines is 1. The summed E-state index contributed by atoms with van der Waals surface area (Å²) in [5, 5.41) is 13.0. The lowest BCUT2D eigenvalue weighted by Crippen LogP contribution is -2.65. The number of carbonyl (C=O) groups is 1. The Balaban J connectivity index is 1.83. The number of carbonyl (C=O) groups excluding carboxylic acids is 1. The molecule has 0 bridgehead atoms. The Labute approximate surface area is 121 Å². The van der Waals surface area contributed by atoms with E-state index < -0.39 is 5.60 Å². The lowest BCUT2D eigenvalue weighted by Gasteiger charge is -2.48. The van der Waals surface area contributed by atoms with E-state index >= 15 is 0 Å². The molecule has 0 unspecified atom stereocenters. The molecule has 5 heteroatoms. The number of nitrogens with zero attached hydrogens (tertiary/aromatic N) is 1. The predicted molar refractivity (Wildman–Crippen MR) is 79.0 cm³/mol. The molecule has 0 atom stereocenters. The quantitative estimate of drug-likeness (QED) is 0.890. The largest absolute Gasteiger partial charge is 0.387 e. The molecule has 19 heavy (non-hydrogen) atoms. The average molecular weight is 327 g/mol. The smallest absolute Gasteiger partial charge is 0.238 e. The third-order valence-electron chi connectivity index (χ3n) is 3.58. The number of para-hydroxylation sites is 1. The van der Waals surface area contributed by atoms with Crippen LogP contribution in [0.2, 0.25) is 0 Å². The van der Waals surface area contributed by atoms with Crippen LogP contribution in [0.25, 0.3) is 0 Å². The van der Waals surface area contributed by atoms with E-state index in [2.05, 4.69) is 21.2 Å². The van der Waals surface area contributed by atoms with E-state index in [0.29, 0.717) is 19.6 Å². The van der Waals surface area contributed by atoms with Gasteiger partial charge in [0.25, 0.3) is 0 Å². The summed E-state index contributed by atoms with van der Waals surface area (Å²) >= 11 is 3.39. The van der Waals surface area contributed by atoms with Crippen LogP contribution in [0.15, 0.2) is 28.7 Å². The van der Waals surface area contributed by atoms with Gasteiger partial charge in [-0.3, -0.25) is 9.69 Å². The van der Waals surface area contributed by atoms with E-state index in [1.807, 2.05) is 43.0 Å². The van der Waals surface area contributed by atoms with Gasteiger partial charge in [-0.25, -0.2) is 0 Å². The van der Waals surface area contributed by atoms with Crippen LogP contribution in [0.1, 0.15) is 13.8 Å². The van der Waals surface area contributed by atoms with E-state index in [4.69, 9.17) is 0 Å². The molecule has 2 rings (SSSR count). The number of β-amino-alcohol motifs (C(OH)–C–C–N with tert-alkyl or cyclic N) is 1. The van der Waals surface area contributed by atoms with Gasteiger partial charge in [-0.1, -0.05) is 26.0 Å². The number of halogens is 1.